The van der Waals surface area contributed by atoms with Crippen LogP contribution in [0.15, 0.2) is 68.0 Å². The number of aromatic nitrogens is 1. The summed E-state index contributed by atoms with van der Waals surface area (Å²) < 4.78 is 19.3. The van der Waals surface area contributed by atoms with Gasteiger partial charge in [-0.25, -0.2) is 9.79 Å². The average molecular weight is 586 g/mol. The topological polar surface area (TPSA) is 79.1 Å². The van der Waals surface area contributed by atoms with Gasteiger partial charge in [-0.05, 0) is 77.2 Å². The zero-order valence-corrected chi connectivity index (χ0v) is 23.8. The second-order valence-corrected chi connectivity index (χ2v) is 10.8. The van der Waals surface area contributed by atoms with Crippen molar-refractivity contribution >= 4 is 39.3 Å². The standard InChI is InChI=1S/C28H29BrN2O5S/c1-6-35-27(33)24-17(4)30-28-31(25(24)19-9-12-22(34-5)21(29)14-19)26(32)23(37-28)13-18-7-10-20(11-8-18)36-15-16(2)3/h7-14,16,25H,6,15H2,1-5H3/b23-13+/t25-/m1/s1. The third kappa shape index (κ3) is 5.72. The van der Waals surface area contributed by atoms with Gasteiger partial charge in [-0.15, -0.1) is 0 Å². The lowest BCUT2D eigenvalue weighted by atomic mass is 9.96. The molecule has 0 saturated carbocycles. The number of rotatable bonds is 8. The third-order valence-corrected chi connectivity index (χ3v) is 7.37. The van der Waals surface area contributed by atoms with Gasteiger partial charge in [-0.2, -0.15) is 0 Å². The fraction of sp³-hybridized carbons (Fsp3) is 0.321. The molecule has 0 N–H and O–H groups in total. The molecule has 4 rings (SSSR count). The Hall–Kier alpha value is -3.17. The number of benzene rings is 2. The van der Waals surface area contributed by atoms with E-state index in [-0.39, 0.29) is 12.2 Å². The molecule has 1 aromatic heterocycles. The summed E-state index contributed by atoms with van der Waals surface area (Å²) in [5.74, 6) is 1.37. The number of methoxy groups -OCH3 is 1. The predicted octanol–water partition coefficient (Wildman–Crippen LogP) is 4.60. The first-order valence-corrected chi connectivity index (χ1v) is 13.6. The normalized spacial score (nSPS) is 15.4. The summed E-state index contributed by atoms with van der Waals surface area (Å²) in [6.07, 6.45) is 1.83. The summed E-state index contributed by atoms with van der Waals surface area (Å²) >= 11 is 4.82. The molecular weight excluding hydrogens is 556 g/mol. The van der Waals surface area contributed by atoms with Gasteiger partial charge in [0.25, 0.3) is 5.56 Å². The number of allylic oxidation sites excluding steroid dienone is 1. The Morgan fingerprint density at radius 1 is 1.22 bits per heavy atom. The van der Waals surface area contributed by atoms with Crippen molar-refractivity contribution in [3.05, 3.63) is 89.0 Å². The Morgan fingerprint density at radius 3 is 2.57 bits per heavy atom. The van der Waals surface area contributed by atoms with Crippen molar-refractivity contribution in [1.82, 2.24) is 4.57 Å². The van der Waals surface area contributed by atoms with E-state index in [1.807, 2.05) is 42.5 Å². The van der Waals surface area contributed by atoms with Gasteiger partial charge in [-0.3, -0.25) is 9.36 Å². The molecule has 1 aliphatic rings. The number of ether oxygens (including phenoxy) is 3. The van der Waals surface area contributed by atoms with Gasteiger partial charge in [0.1, 0.15) is 11.5 Å². The smallest absolute Gasteiger partial charge is 0.338 e. The van der Waals surface area contributed by atoms with Crippen LogP contribution in [0.1, 0.15) is 44.9 Å². The van der Waals surface area contributed by atoms with Gasteiger partial charge >= 0.3 is 5.97 Å². The molecule has 194 valence electrons. The maximum Gasteiger partial charge on any atom is 0.338 e. The summed E-state index contributed by atoms with van der Waals surface area (Å²) in [4.78, 5) is 31.9. The van der Waals surface area contributed by atoms with Crippen molar-refractivity contribution in [2.45, 2.75) is 33.7 Å². The lowest BCUT2D eigenvalue weighted by Crippen LogP contribution is -2.39. The Morgan fingerprint density at radius 2 is 1.95 bits per heavy atom. The summed E-state index contributed by atoms with van der Waals surface area (Å²) in [6, 6.07) is 12.4. The zero-order valence-electron chi connectivity index (χ0n) is 21.4. The highest BCUT2D eigenvalue weighted by Gasteiger charge is 2.33. The van der Waals surface area contributed by atoms with E-state index in [0.29, 0.717) is 43.4 Å². The number of thiazole rings is 1. The van der Waals surface area contributed by atoms with Gasteiger partial charge in [0, 0.05) is 0 Å². The first kappa shape index (κ1) is 26.9. The van der Waals surface area contributed by atoms with Crippen LogP contribution in [0.4, 0.5) is 0 Å². The first-order chi connectivity index (χ1) is 17.7. The van der Waals surface area contributed by atoms with E-state index in [4.69, 9.17) is 14.2 Å². The van der Waals surface area contributed by atoms with E-state index in [9.17, 15) is 9.59 Å². The number of hydrogen-bond acceptors (Lipinski definition) is 7. The predicted molar refractivity (Wildman–Crippen MR) is 148 cm³/mol. The Labute approximate surface area is 227 Å². The molecule has 2 aromatic carbocycles. The summed E-state index contributed by atoms with van der Waals surface area (Å²) in [5, 5.41) is 0. The SMILES string of the molecule is CCOC(=O)C1=C(C)N=c2s/c(=C/c3ccc(OCC(C)C)cc3)c(=O)n2[C@@H]1c1ccc(OC)c(Br)c1. The van der Waals surface area contributed by atoms with E-state index >= 15 is 0 Å². The number of carbonyl (C=O) groups excluding carboxylic acids is 1. The highest BCUT2D eigenvalue weighted by molar-refractivity contribution is 9.10. The average Bonchev–Trinajstić information content (AvgIpc) is 3.16. The number of halogens is 1. The van der Waals surface area contributed by atoms with Crippen molar-refractivity contribution in [3.63, 3.8) is 0 Å². The summed E-state index contributed by atoms with van der Waals surface area (Å²) in [7, 11) is 1.58. The van der Waals surface area contributed by atoms with E-state index in [0.717, 1.165) is 16.9 Å². The van der Waals surface area contributed by atoms with Crippen LogP contribution in [0.3, 0.4) is 0 Å². The van der Waals surface area contributed by atoms with Crippen LogP contribution in [0.25, 0.3) is 6.08 Å². The minimum absolute atomic E-state index is 0.218. The number of hydrogen-bond donors (Lipinski definition) is 0. The fourth-order valence-corrected chi connectivity index (χ4v) is 5.64. The lowest BCUT2D eigenvalue weighted by Gasteiger charge is -2.25. The third-order valence-electron chi connectivity index (χ3n) is 5.77. The van der Waals surface area contributed by atoms with Gasteiger partial charge in [-0.1, -0.05) is 43.4 Å². The molecule has 1 atom stereocenters. The monoisotopic (exact) mass is 584 g/mol. The molecule has 0 spiro atoms. The highest BCUT2D eigenvalue weighted by Crippen LogP contribution is 2.35. The second kappa shape index (κ2) is 11.5. The molecular formula is C28H29BrN2O5S. The van der Waals surface area contributed by atoms with Crippen molar-refractivity contribution in [3.8, 4) is 11.5 Å². The number of nitrogens with zero attached hydrogens (tertiary/aromatic N) is 2. The quantitative estimate of drug-likeness (QED) is 0.361. The van der Waals surface area contributed by atoms with Crippen molar-refractivity contribution < 1.29 is 19.0 Å². The molecule has 9 heteroatoms. The molecule has 0 aliphatic carbocycles. The van der Waals surface area contributed by atoms with Gasteiger partial charge < -0.3 is 14.2 Å². The van der Waals surface area contributed by atoms with Crippen LogP contribution in [-0.2, 0) is 9.53 Å². The molecule has 3 aromatic rings. The highest BCUT2D eigenvalue weighted by atomic mass is 79.9. The van der Waals surface area contributed by atoms with Crippen LogP contribution in [0.5, 0.6) is 11.5 Å². The second-order valence-electron chi connectivity index (χ2n) is 8.97. The van der Waals surface area contributed by atoms with Crippen LogP contribution < -0.4 is 24.4 Å². The molecule has 0 radical (unpaired) electrons. The van der Waals surface area contributed by atoms with E-state index in [1.54, 1.807) is 31.6 Å². The lowest BCUT2D eigenvalue weighted by molar-refractivity contribution is -0.139. The number of esters is 1. The molecule has 0 unspecified atom stereocenters. The number of fused-ring (bicyclic) bond motifs is 1. The van der Waals surface area contributed by atoms with Crippen molar-refractivity contribution in [2.75, 3.05) is 20.3 Å². The molecule has 1 aliphatic heterocycles. The molecule has 7 nitrogen and oxygen atoms in total. The van der Waals surface area contributed by atoms with E-state index in [1.165, 1.54) is 11.3 Å². The van der Waals surface area contributed by atoms with Crippen LogP contribution in [0.2, 0.25) is 0 Å². The minimum atomic E-state index is -0.688. The summed E-state index contributed by atoms with van der Waals surface area (Å²) in [5.41, 5.74) is 2.24. The van der Waals surface area contributed by atoms with Crippen LogP contribution in [0, 0.1) is 5.92 Å². The molecule has 0 fully saturated rings. The van der Waals surface area contributed by atoms with Crippen molar-refractivity contribution in [2.24, 2.45) is 10.9 Å². The molecule has 2 heterocycles. The molecule has 37 heavy (non-hydrogen) atoms. The van der Waals surface area contributed by atoms with Crippen LogP contribution >= 0.6 is 27.3 Å². The molecule has 0 bridgehead atoms. The maximum absolute atomic E-state index is 13.7. The van der Waals surface area contributed by atoms with Gasteiger partial charge in [0.2, 0.25) is 0 Å². The fourth-order valence-electron chi connectivity index (χ4n) is 4.03. The molecule has 0 saturated heterocycles. The first-order valence-electron chi connectivity index (χ1n) is 12.0. The van der Waals surface area contributed by atoms with Crippen molar-refractivity contribution in [1.29, 1.82) is 0 Å². The Bertz CT molecular complexity index is 1520. The summed E-state index contributed by atoms with van der Waals surface area (Å²) in [6.45, 7) is 8.57. The Balaban J connectivity index is 1.83. The largest absolute Gasteiger partial charge is 0.496 e. The molecule has 0 amide bonds. The maximum atomic E-state index is 13.7. The van der Waals surface area contributed by atoms with E-state index < -0.39 is 12.0 Å². The minimum Gasteiger partial charge on any atom is -0.496 e. The van der Waals surface area contributed by atoms with Gasteiger partial charge in [0.05, 0.1) is 46.6 Å². The van der Waals surface area contributed by atoms with Crippen LogP contribution in [-0.4, -0.2) is 30.9 Å². The number of carbonyl (C=O) groups is 1. The Kier molecular flexibility index (Phi) is 8.34. The van der Waals surface area contributed by atoms with E-state index in [2.05, 4.69) is 34.8 Å². The zero-order chi connectivity index (χ0) is 26.7. The van der Waals surface area contributed by atoms with Gasteiger partial charge in [0.15, 0.2) is 4.80 Å².